The molecule has 5 nitrogen and oxygen atoms in total. The summed E-state index contributed by atoms with van der Waals surface area (Å²) in [5.41, 5.74) is 2.02. The maximum absolute atomic E-state index is 13.7. The van der Waals surface area contributed by atoms with Crippen molar-refractivity contribution in [1.29, 1.82) is 0 Å². The number of carbonyl (C=O) groups excluding carboxylic acids is 1. The van der Waals surface area contributed by atoms with Crippen LogP contribution in [0.5, 0.6) is 0 Å². The molecular weight excluding hydrogens is 403 g/mol. The lowest BCUT2D eigenvalue weighted by molar-refractivity contribution is 0.0951. The van der Waals surface area contributed by atoms with Crippen LogP contribution in [0.3, 0.4) is 0 Å². The minimum Gasteiger partial charge on any atom is -0.351 e. The van der Waals surface area contributed by atoms with Gasteiger partial charge in [0.2, 0.25) is 0 Å². The molecule has 0 saturated heterocycles. The number of rotatable bonds is 7. The number of hydrogen-bond acceptors (Lipinski definition) is 3. The maximum atomic E-state index is 13.7. The summed E-state index contributed by atoms with van der Waals surface area (Å²) in [5, 5.41) is 2.87. The molecule has 3 aromatic carbocycles. The van der Waals surface area contributed by atoms with Crippen molar-refractivity contribution in [1.82, 2.24) is 5.32 Å². The zero-order chi connectivity index (χ0) is 21.7. The fraction of sp³-hybridized carbons (Fsp3) is 0.174. The van der Waals surface area contributed by atoms with Gasteiger partial charge in [0, 0.05) is 17.8 Å². The van der Waals surface area contributed by atoms with E-state index in [1.165, 1.54) is 24.3 Å². The third kappa shape index (κ3) is 5.24. The summed E-state index contributed by atoms with van der Waals surface area (Å²) in [6, 6.07) is 19.7. The Bertz CT molecular complexity index is 1150. The van der Waals surface area contributed by atoms with Crippen LogP contribution in [0.2, 0.25) is 0 Å². The summed E-state index contributed by atoms with van der Waals surface area (Å²) < 4.78 is 41.2. The molecule has 0 bridgehead atoms. The number of hydrogen-bond donors (Lipinski definition) is 2. The Morgan fingerprint density at radius 3 is 2.43 bits per heavy atom. The zero-order valence-corrected chi connectivity index (χ0v) is 17.5. The SMILES string of the molecule is Cc1ccc(S(=O)(=O)Nc2cccc(C(=O)NC[C@@H](C)c3ccccc3)c2)cc1F. The molecule has 0 fully saturated rings. The van der Waals surface area contributed by atoms with Crippen molar-refractivity contribution in [3.63, 3.8) is 0 Å². The summed E-state index contributed by atoms with van der Waals surface area (Å²) in [6.45, 7) is 4.02. The summed E-state index contributed by atoms with van der Waals surface area (Å²) in [6.07, 6.45) is 0. The molecule has 2 N–H and O–H groups in total. The highest BCUT2D eigenvalue weighted by molar-refractivity contribution is 7.92. The highest BCUT2D eigenvalue weighted by Gasteiger charge is 2.17. The van der Waals surface area contributed by atoms with Gasteiger partial charge in [-0.25, -0.2) is 12.8 Å². The monoisotopic (exact) mass is 426 g/mol. The molecule has 0 aromatic heterocycles. The predicted molar refractivity (Wildman–Crippen MR) is 116 cm³/mol. The Kier molecular flexibility index (Phi) is 6.52. The number of halogens is 1. The molecule has 3 rings (SSSR count). The Morgan fingerprint density at radius 1 is 1.00 bits per heavy atom. The van der Waals surface area contributed by atoms with E-state index in [1.807, 2.05) is 37.3 Å². The van der Waals surface area contributed by atoms with Crippen molar-refractivity contribution in [2.75, 3.05) is 11.3 Å². The van der Waals surface area contributed by atoms with Gasteiger partial charge in [-0.15, -0.1) is 0 Å². The lowest BCUT2D eigenvalue weighted by atomic mass is 10.0. The number of sulfonamides is 1. The Morgan fingerprint density at radius 2 is 1.73 bits per heavy atom. The molecule has 0 radical (unpaired) electrons. The number of anilines is 1. The minimum absolute atomic E-state index is 0.133. The first kappa shape index (κ1) is 21.5. The first-order valence-electron chi connectivity index (χ1n) is 9.48. The maximum Gasteiger partial charge on any atom is 0.261 e. The number of carbonyl (C=O) groups is 1. The van der Waals surface area contributed by atoms with E-state index in [0.29, 0.717) is 17.7 Å². The fourth-order valence-electron chi connectivity index (χ4n) is 2.93. The van der Waals surface area contributed by atoms with E-state index >= 15 is 0 Å². The van der Waals surface area contributed by atoms with Gasteiger partial charge in [0.15, 0.2) is 0 Å². The van der Waals surface area contributed by atoms with E-state index in [4.69, 9.17) is 0 Å². The van der Waals surface area contributed by atoms with Crippen LogP contribution in [0.25, 0.3) is 0 Å². The van der Waals surface area contributed by atoms with Crippen LogP contribution in [-0.2, 0) is 10.0 Å². The molecule has 0 unspecified atom stereocenters. The summed E-state index contributed by atoms with van der Waals surface area (Å²) in [4.78, 5) is 12.3. The quantitative estimate of drug-likeness (QED) is 0.585. The van der Waals surface area contributed by atoms with Gasteiger partial charge in [0.25, 0.3) is 15.9 Å². The van der Waals surface area contributed by atoms with Gasteiger partial charge >= 0.3 is 0 Å². The van der Waals surface area contributed by atoms with E-state index in [0.717, 1.165) is 11.6 Å². The van der Waals surface area contributed by atoms with E-state index in [2.05, 4.69) is 10.0 Å². The zero-order valence-electron chi connectivity index (χ0n) is 16.7. The average molecular weight is 427 g/mol. The fourth-order valence-corrected chi connectivity index (χ4v) is 3.99. The van der Waals surface area contributed by atoms with Gasteiger partial charge < -0.3 is 5.32 Å². The van der Waals surface area contributed by atoms with Gasteiger partial charge in [-0.2, -0.15) is 0 Å². The molecule has 7 heteroatoms. The molecule has 0 aliphatic carbocycles. The third-order valence-corrected chi connectivity index (χ3v) is 6.15. The third-order valence-electron chi connectivity index (χ3n) is 4.77. The molecule has 3 aromatic rings. The van der Waals surface area contributed by atoms with E-state index in [-0.39, 0.29) is 22.4 Å². The molecule has 1 atom stereocenters. The molecule has 0 spiro atoms. The van der Waals surface area contributed by atoms with Crippen LogP contribution in [0.4, 0.5) is 10.1 Å². The Hall–Kier alpha value is -3.19. The largest absolute Gasteiger partial charge is 0.351 e. The first-order chi connectivity index (χ1) is 14.3. The first-order valence-corrected chi connectivity index (χ1v) is 11.0. The van der Waals surface area contributed by atoms with Crippen LogP contribution >= 0.6 is 0 Å². The van der Waals surface area contributed by atoms with Crippen molar-refractivity contribution in [2.45, 2.75) is 24.7 Å². The summed E-state index contributed by atoms with van der Waals surface area (Å²) in [7, 11) is -3.98. The number of amides is 1. The standard InChI is InChI=1S/C23H23FN2O3S/c1-16-11-12-21(14-22(16)24)30(28,29)26-20-10-6-9-19(13-20)23(27)25-15-17(2)18-7-4-3-5-8-18/h3-14,17,26H,15H2,1-2H3,(H,25,27)/t17-/m1/s1. The van der Waals surface area contributed by atoms with E-state index < -0.39 is 15.8 Å². The lowest BCUT2D eigenvalue weighted by Gasteiger charge is -2.14. The predicted octanol–water partition coefficient (Wildman–Crippen LogP) is 4.47. The lowest BCUT2D eigenvalue weighted by Crippen LogP contribution is -2.27. The van der Waals surface area contributed by atoms with Crippen LogP contribution in [0.1, 0.15) is 34.3 Å². The molecule has 0 aliphatic rings. The van der Waals surface area contributed by atoms with Gasteiger partial charge in [0.1, 0.15) is 5.82 Å². The number of aryl methyl sites for hydroxylation is 1. The normalized spacial score (nSPS) is 12.2. The van der Waals surface area contributed by atoms with Crippen LogP contribution in [-0.4, -0.2) is 20.9 Å². The minimum atomic E-state index is -3.98. The Labute approximate surface area is 176 Å². The van der Waals surface area contributed by atoms with Crippen molar-refractivity contribution in [3.8, 4) is 0 Å². The van der Waals surface area contributed by atoms with E-state index in [1.54, 1.807) is 19.1 Å². The molecule has 0 saturated carbocycles. The van der Waals surface area contributed by atoms with Crippen molar-refractivity contribution in [3.05, 3.63) is 95.3 Å². The summed E-state index contributed by atoms with van der Waals surface area (Å²) in [5.74, 6) is -0.771. The molecule has 1 amide bonds. The van der Waals surface area contributed by atoms with Crippen LogP contribution in [0, 0.1) is 12.7 Å². The average Bonchev–Trinajstić information content (AvgIpc) is 2.74. The molecule has 0 heterocycles. The second-order valence-corrected chi connectivity index (χ2v) is 8.80. The number of benzene rings is 3. The van der Waals surface area contributed by atoms with E-state index in [9.17, 15) is 17.6 Å². The number of nitrogens with one attached hydrogen (secondary N) is 2. The van der Waals surface area contributed by atoms with Gasteiger partial charge in [0.05, 0.1) is 4.90 Å². The second kappa shape index (κ2) is 9.09. The highest BCUT2D eigenvalue weighted by Crippen LogP contribution is 2.20. The Balaban J connectivity index is 1.69. The van der Waals surface area contributed by atoms with Crippen LogP contribution < -0.4 is 10.0 Å². The molecule has 30 heavy (non-hydrogen) atoms. The molecule has 0 aliphatic heterocycles. The highest BCUT2D eigenvalue weighted by atomic mass is 32.2. The van der Waals surface area contributed by atoms with Gasteiger partial charge in [-0.05, 0) is 54.3 Å². The molecular formula is C23H23FN2O3S. The van der Waals surface area contributed by atoms with Crippen molar-refractivity contribution >= 4 is 21.6 Å². The second-order valence-electron chi connectivity index (χ2n) is 7.12. The van der Waals surface area contributed by atoms with Crippen molar-refractivity contribution in [2.24, 2.45) is 0 Å². The smallest absolute Gasteiger partial charge is 0.261 e. The topological polar surface area (TPSA) is 75.3 Å². The van der Waals surface area contributed by atoms with Gasteiger partial charge in [-0.3, -0.25) is 9.52 Å². The summed E-state index contributed by atoms with van der Waals surface area (Å²) >= 11 is 0. The molecule has 156 valence electrons. The van der Waals surface area contributed by atoms with Crippen LogP contribution in [0.15, 0.2) is 77.7 Å². The van der Waals surface area contributed by atoms with Gasteiger partial charge in [-0.1, -0.05) is 49.4 Å². The van der Waals surface area contributed by atoms with Crippen molar-refractivity contribution < 1.29 is 17.6 Å².